The first-order valence-electron chi connectivity index (χ1n) is 5.76. The third-order valence-corrected chi connectivity index (χ3v) is 3.43. The Morgan fingerprint density at radius 1 is 1.32 bits per heavy atom. The number of ether oxygens (including phenoxy) is 1. The number of benzene rings is 1. The Kier molecular flexibility index (Phi) is 4.56. The largest absolute Gasteiger partial charge is 0.488 e. The second-order valence-corrected chi connectivity index (χ2v) is 5.09. The minimum absolute atomic E-state index is 0.140. The van der Waals surface area contributed by atoms with E-state index in [9.17, 15) is 4.39 Å². The summed E-state index contributed by atoms with van der Waals surface area (Å²) in [6.07, 6.45) is 0. The van der Waals surface area contributed by atoms with Crippen LogP contribution in [0.25, 0.3) is 0 Å². The fourth-order valence-corrected chi connectivity index (χ4v) is 2.37. The Bertz CT molecular complexity index is 623. The number of hydrogen-bond donors (Lipinski definition) is 1. The minimum atomic E-state index is -0.262. The zero-order valence-corrected chi connectivity index (χ0v) is 11.3. The second kappa shape index (κ2) is 6.37. The van der Waals surface area contributed by atoms with Crippen molar-refractivity contribution in [3.8, 4) is 17.6 Å². The molecule has 0 aliphatic carbocycles. The summed E-state index contributed by atoms with van der Waals surface area (Å²) in [6, 6.07) is 8.29. The van der Waals surface area contributed by atoms with E-state index in [1.807, 2.05) is 19.1 Å². The summed E-state index contributed by atoms with van der Waals surface area (Å²) in [6.45, 7) is 2.10. The van der Waals surface area contributed by atoms with E-state index in [-0.39, 0.29) is 12.4 Å². The minimum Gasteiger partial charge on any atom is -0.488 e. The van der Waals surface area contributed by atoms with Gasteiger partial charge in [-0.05, 0) is 42.8 Å². The molecule has 0 radical (unpaired) electrons. The zero-order chi connectivity index (χ0) is 13.7. The van der Waals surface area contributed by atoms with E-state index in [1.54, 1.807) is 6.07 Å². The van der Waals surface area contributed by atoms with Crippen LogP contribution in [0.2, 0.25) is 0 Å². The molecule has 19 heavy (non-hydrogen) atoms. The van der Waals surface area contributed by atoms with E-state index in [0.29, 0.717) is 12.4 Å². The van der Waals surface area contributed by atoms with Crippen LogP contribution in [-0.2, 0) is 6.61 Å². The summed E-state index contributed by atoms with van der Waals surface area (Å²) in [5.41, 5.74) is 0.775. The van der Waals surface area contributed by atoms with Gasteiger partial charge >= 0.3 is 0 Å². The maximum Gasteiger partial charge on any atom is 0.123 e. The van der Waals surface area contributed by atoms with Gasteiger partial charge in [-0.2, -0.15) is 0 Å². The summed E-state index contributed by atoms with van der Waals surface area (Å²) >= 11 is 1.52. The summed E-state index contributed by atoms with van der Waals surface area (Å²) in [7, 11) is 0. The van der Waals surface area contributed by atoms with Crippen molar-refractivity contribution in [3.63, 3.8) is 0 Å². The molecule has 0 atom stereocenters. The van der Waals surface area contributed by atoms with Crippen molar-refractivity contribution >= 4 is 11.3 Å². The van der Waals surface area contributed by atoms with Crippen molar-refractivity contribution in [1.82, 2.24) is 0 Å². The normalized spacial score (nSPS) is 9.84. The quantitative estimate of drug-likeness (QED) is 0.873. The number of rotatable bonds is 3. The zero-order valence-electron chi connectivity index (χ0n) is 10.4. The van der Waals surface area contributed by atoms with Gasteiger partial charge in [0.2, 0.25) is 0 Å². The van der Waals surface area contributed by atoms with Crippen LogP contribution in [0, 0.1) is 24.6 Å². The Morgan fingerprint density at radius 3 is 2.89 bits per heavy atom. The number of aryl methyl sites for hydroxylation is 1. The fraction of sp³-hybridized carbons (Fsp3) is 0.200. The Morgan fingerprint density at radius 2 is 2.16 bits per heavy atom. The van der Waals surface area contributed by atoms with Gasteiger partial charge in [0.25, 0.3) is 0 Å². The molecule has 1 aromatic heterocycles. The predicted molar refractivity (Wildman–Crippen MR) is 73.8 cm³/mol. The summed E-state index contributed by atoms with van der Waals surface area (Å²) in [5, 5.41) is 8.62. The highest BCUT2D eigenvalue weighted by molar-refractivity contribution is 7.12. The number of thiophene rings is 1. The van der Waals surface area contributed by atoms with Crippen molar-refractivity contribution in [1.29, 1.82) is 0 Å². The van der Waals surface area contributed by atoms with Gasteiger partial charge in [0.05, 0.1) is 4.88 Å². The van der Waals surface area contributed by atoms with Crippen LogP contribution < -0.4 is 4.74 Å². The van der Waals surface area contributed by atoms with Crippen LogP contribution in [0.4, 0.5) is 4.39 Å². The molecular weight excluding hydrogens is 263 g/mol. The maximum absolute atomic E-state index is 12.9. The first kappa shape index (κ1) is 13.6. The van der Waals surface area contributed by atoms with Gasteiger partial charge in [0.1, 0.15) is 24.8 Å². The molecule has 0 spiro atoms. The predicted octanol–water partition coefficient (Wildman–Crippen LogP) is 3.12. The first-order valence-corrected chi connectivity index (χ1v) is 6.58. The van der Waals surface area contributed by atoms with Gasteiger partial charge in [0.15, 0.2) is 0 Å². The molecule has 2 rings (SSSR count). The van der Waals surface area contributed by atoms with Crippen molar-refractivity contribution in [3.05, 3.63) is 51.5 Å². The van der Waals surface area contributed by atoms with E-state index in [1.165, 1.54) is 23.5 Å². The van der Waals surface area contributed by atoms with E-state index in [4.69, 9.17) is 9.84 Å². The topological polar surface area (TPSA) is 29.5 Å². The standard InChI is InChI=1S/C15H13FO2S/c1-11-9-12(16)4-7-15(11)18-10-14-6-5-13(19-14)3-2-8-17/h4-7,9,17H,8,10H2,1H3. The second-order valence-electron chi connectivity index (χ2n) is 3.92. The monoisotopic (exact) mass is 276 g/mol. The number of hydrogen-bond acceptors (Lipinski definition) is 3. The summed E-state index contributed by atoms with van der Waals surface area (Å²) in [5.74, 6) is 5.86. The highest BCUT2D eigenvalue weighted by Crippen LogP contribution is 2.22. The smallest absolute Gasteiger partial charge is 0.123 e. The number of halogens is 1. The molecule has 0 aliphatic heterocycles. The molecule has 0 saturated carbocycles. The van der Waals surface area contributed by atoms with Crippen molar-refractivity contribution < 1.29 is 14.2 Å². The Labute approximate surface area is 115 Å². The molecule has 4 heteroatoms. The molecule has 0 fully saturated rings. The van der Waals surface area contributed by atoms with E-state index in [0.717, 1.165) is 15.3 Å². The van der Waals surface area contributed by atoms with E-state index < -0.39 is 0 Å². The average Bonchev–Trinajstić information content (AvgIpc) is 2.83. The van der Waals surface area contributed by atoms with Crippen molar-refractivity contribution in [2.24, 2.45) is 0 Å². The summed E-state index contributed by atoms with van der Waals surface area (Å²) < 4.78 is 18.6. The van der Waals surface area contributed by atoms with Gasteiger partial charge in [-0.1, -0.05) is 11.8 Å². The molecular formula is C15H13FO2S. The fourth-order valence-electron chi connectivity index (χ4n) is 1.57. The maximum atomic E-state index is 12.9. The summed E-state index contributed by atoms with van der Waals surface area (Å²) in [4.78, 5) is 1.93. The lowest BCUT2D eigenvalue weighted by Crippen LogP contribution is -1.95. The number of aliphatic hydroxyl groups excluding tert-OH is 1. The third kappa shape index (κ3) is 3.82. The molecule has 98 valence electrons. The van der Waals surface area contributed by atoms with Crippen LogP contribution >= 0.6 is 11.3 Å². The van der Waals surface area contributed by atoms with Crippen LogP contribution in [-0.4, -0.2) is 11.7 Å². The SMILES string of the molecule is Cc1cc(F)ccc1OCc1ccc(C#CCO)s1. The molecule has 0 bridgehead atoms. The molecule has 2 nitrogen and oxygen atoms in total. The molecule has 2 aromatic rings. The third-order valence-electron chi connectivity index (χ3n) is 2.46. The van der Waals surface area contributed by atoms with Gasteiger partial charge in [-0.3, -0.25) is 0 Å². The molecule has 0 amide bonds. The lowest BCUT2D eigenvalue weighted by Gasteiger charge is -2.07. The lowest BCUT2D eigenvalue weighted by atomic mass is 10.2. The molecule has 1 N–H and O–H groups in total. The van der Waals surface area contributed by atoms with E-state index >= 15 is 0 Å². The highest BCUT2D eigenvalue weighted by atomic mass is 32.1. The number of aliphatic hydroxyl groups is 1. The van der Waals surface area contributed by atoms with Gasteiger partial charge < -0.3 is 9.84 Å². The molecule has 1 heterocycles. The Balaban J connectivity index is 2.00. The van der Waals surface area contributed by atoms with E-state index in [2.05, 4.69) is 11.8 Å². The van der Waals surface area contributed by atoms with Crippen LogP contribution in [0.5, 0.6) is 5.75 Å². The average molecular weight is 276 g/mol. The van der Waals surface area contributed by atoms with Gasteiger partial charge in [-0.15, -0.1) is 11.3 Å². The molecule has 1 aromatic carbocycles. The van der Waals surface area contributed by atoms with Crippen molar-refractivity contribution in [2.75, 3.05) is 6.61 Å². The molecule has 0 saturated heterocycles. The molecule has 0 unspecified atom stereocenters. The van der Waals surface area contributed by atoms with Gasteiger partial charge in [0, 0.05) is 4.88 Å². The Hall–Kier alpha value is -1.83. The van der Waals surface area contributed by atoms with Crippen LogP contribution in [0.15, 0.2) is 30.3 Å². The lowest BCUT2D eigenvalue weighted by molar-refractivity contribution is 0.307. The molecule has 0 aliphatic rings. The van der Waals surface area contributed by atoms with Crippen LogP contribution in [0.1, 0.15) is 15.3 Å². The first-order chi connectivity index (χ1) is 9.19. The van der Waals surface area contributed by atoms with Gasteiger partial charge in [-0.25, -0.2) is 4.39 Å². The highest BCUT2D eigenvalue weighted by Gasteiger charge is 2.03. The van der Waals surface area contributed by atoms with Crippen LogP contribution in [0.3, 0.4) is 0 Å². The van der Waals surface area contributed by atoms with Crippen molar-refractivity contribution in [2.45, 2.75) is 13.5 Å².